The van der Waals surface area contributed by atoms with Crippen molar-refractivity contribution < 1.29 is 22.0 Å². The number of hydrogen-bond donors (Lipinski definition) is 2. The summed E-state index contributed by atoms with van der Waals surface area (Å²) < 4.78 is 53.4. The number of benzene rings is 2. The molecule has 1 aliphatic heterocycles. The summed E-state index contributed by atoms with van der Waals surface area (Å²) in [5.41, 5.74) is 6.32. The molecule has 144 valence electrons. The molecule has 2 aromatic rings. The highest BCUT2D eigenvalue weighted by Gasteiger charge is 2.22. The first-order valence-corrected chi connectivity index (χ1v) is 9.87. The largest absolute Gasteiger partial charge is 0.339 e. The van der Waals surface area contributed by atoms with Crippen LogP contribution < -0.4 is 10.5 Å². The maximum absolute atomic E-state index is 13.3. The highest BCUT2D eigenvalue weighted by atomic mass is 32.2. The lowest BCUT2D eigenvalue weighted by Gasteiger charge is -2.30. The fraction of sp³-hybridized carbons (Fsp3) is 0.278. The van der Waals surface area contributed by atoms with Crippen molar-refractivity contribution in [2.24, 2.45) is 5.73 Å². The number of amides is 1. The Morgan fingerprint density at radius 2 is 1.78 bits per heavy atom. The summed E-state index contributed by atoms with van der Waals surface area (Å²) in [6.45, 7) is 1.09. The van der Waals surface area contributed by atoms with Crippen molar-refractivity contribution in [2.45, 2.75) is 23.8 Å². The van der Waals surface area contributed by atoms with E-state index in [9.17, 15) is 22.0 Å². The topological polar surface area (TPSA) is 92.5 Å². The third kappa shape index (κ3) is 4.42. The summed E-state index contributed by atoms with van der Waals surface area (Å²) in [7, 11) is -4.13. The number of carbonyl (C=O) groups excluding carboxylic acids is 1. The van der Waals surface area contributed by atoms with Gasteiger partial charge < -0.3 is 10.6 Å². The van der Waals surface area contributed by atoms with E-state index in [1.807, 2.05) is 0 Å². The van der Waals surface area contributed by atoms with E-state index in [4.69, 9.17) is 5.73 Å². The molecule has 1 aliphatic rings. The SMILES string of the molecule is NC1CCN(C(=O)c2cccc(NS(=O)(=O)c3ccc(F)c(F)c3)c2)CC1. The number of sulfonamides is 1. The van der Waals surface area contributed by atoms with Gasteiger partial charge in [0.2, 0.25) is 0 Å². The minimum atomic E-state index is -4.13. The molecule has 6 nitrogen and oxygen atoms in total. The average molecular weight is 395 g/mol. The molecule has 1 saturated heterocycles. The fourth-order valence-corrected chi connectivity index (χ4v) is 3.92. The molecule has 0 aliphatic carbocycles. The molecule has 3 N–H and O–H groups in total. The van der Waals surface area contributed by atoms with Crippen LogP contribution in [0.1, 0.15) is 23.2 Å². The highest BCUT2D eigenvalue weighted by Crippen LogP contribution is 2.20. The maximum atomic E-state index is 13.3. The van der Waals surface area contributed by atoms with Crippen molar-refractivity contribution in [1.82, 2.24) is 4.90 Å². The fourth-order valence-electron chi connectivity index (χ4n) is 2.86. The number of carbonyl (C=O) groups is 1. The summed E-state index contributed by atoms with van der Waals surface area (Å²) >= 11 is 0. The van der Waals surface area contributed by atoms with E-state index in [-0.39, 0.29) is 17.6 Å². The van der Waals surface area contributed by atoms with Crippen LogP contribution in [0.15, 0.2) is 47.4 Å². The zero-order chi connectivity index (χ0) is 19.6. The van der Waals surface area contributed by atoms with Gasteiger partial charge in [-0.05, 0) is 49.2 Å². The van der Waals surface area contributed by atoms with E-state index < -0.39 is 26.6 Å². The summed E-state index contributed by atoms with van der Waals surface area (Å²) in [6.07, 6.45) is 1.43. The van der Waals surface area contributed by atoms with Crippen LogP contribution in [0.2, 0.25) is 0 Å². The van der Waals surface area contributed by atoms with Gasteiger partial charge in [0.25, 0.3) is 15.9 Å². The van der Waals surface area contributed by atoms with E-state index in [0.717, 1.165) is 12.1 Å². The van der Waals surface area contributed by atoms with Gasteiger partial charge in [0, 0.05) is 30.4 Å². The number of nitrogens with two attached hydrogens (primary N) is 1. The molecule has 0 atom stereocenters. The lowest BCUT2D eigenvalue weighted by Crippen LogP contribution is -2.42. The molecule has 0 aromatic heterocycles. The molecule has 3 rings (SSSR count). The molecular weight excluding hydrogens is 376 g/mol. The van der Waals surface area contributed by atoms with Crippen molar-refractivity contribution in [3.63, 3.8) is 0 Å². The van der Waals surface area contributed by atoms with Crippen molar-refractivity contribution >= 4 is 21.6 Å². The summed E-state index contributed by atoms with van der Waals surface area (Å²) in [5.74, 6) is -2.61. The Kier molecular flexibility index (Phi) is 5.43. The number of nitrogens with one attached hydrogen (secondary N) is 1. The molecule has 9 heteroatoms. The van der Waals surface area contributed by atoms with Crippen LogP contribution in [0.3, 0.4) is 0 Å². The lowest BCUT2D eigenvalue weighted by molar-refractivity contribution is 0.0715. The second kappa shape index (κ2) is 7.61. The number of nitrogens with zero attached hydrogens (tertiary/aromatic N) is 1. The molecule has 27 heavy (non-hydrogen) atoms. The minimum absolute atomic E-state index is 0.0864. The zero-order valence-electron chi connectivity index (χ0n) is 14.4. The van der Waals surface area contributed by atoms with Gasteiger partial charge in [-0.3, -0.25) is 9.52 Å². The van der Waals surface area contributed by atoms with Crippen molar-refractivity contribution in [2.75, 3.05) is 17.8 Å². The first-order valence-electron chi connectivity index (χ1n) is 8.39. The van der Waals surface area contributed by atoms with Gasteiger partial charge in [-0.25, -0.2) is 17.2 Å². The summed E-state index contributed by atoms with van der Waals surface area (Å²) in [6, 6.07) is 8.41. The molecule has 1 heterocycles. The van der Waals surface area contributed by atoms with Crippen molar-refractivity contribution in [3.8, 4) is 0 Å². The Balaban J connectivity index is 1.79. The summed E-state index contributed by atoms with van der Waals surface area (Å²) in [5, 5.41) is 0. The van der Waals surface area contributed by atoms with Crippen molar-refractivity contribution in [3.05, 3.63) is 59.7 Å². The molecule has 2 aromatic carbocycles. The number of likely N-dealkylation sites (tertiary alicyclic amines) is 1. The molecule has 0 radical (unpaired) electrons. The third-order valence-electron chi connectivity index (χ3n) is 4.39. The van der Waals surface area contributed by atoms with Crippen LogP contribution in [0.4, 0.5) is 14.5 Å². The Hall–Kier alpha value is -2.52. The Bertz CT molecular complexity index is 958. The second-order valence-electron chi connectivity index (χ2n) is 6.39. The third-order valence-corrected chi connectivity index (χ3v) is 5.77. The first-order chi connectivity index (χ1) is 12.8. The lowest BCUT2D eigenvalue weighted by atomic mass is 10.0. The van der Waals surface area contributed by atoms with Crippen LogP contribution in [-0.4, -0.2) is 38.4 Å². The standard InChI is InChI=1S/C18H19F2N3O3S/c19-16-5-4-15(11-17(16)20)27(25,26)22-14-3-1-2-12(10-14)18(24)23-8-6-13(21)7-9-23/h1-5,10-11,13,22H,6-9,21H2. The Labute approximate surface area is 156 Å². The molecule has 0 unspecified atom stereocenters. The summed E-state index contributed by atoms with van der Waals surface area (Å²) in [4.78, 5) is 13.9. The van der Waals surface area contributed by atoms with Crippen LogP contribution in [-0.2, 0) is 10.0 Å². The second-order valence-corrected chi connectivity index (χ2v) is 8.07. The van der Waals surface area contributed by atoms with Crippen LogP contribution >= 0.6 is 0 Å². The van der Waals surface area contributed by atoms with E-state index in [1.54, 1.807) is 17.0 Å². The zero-order valence-corrected chi connectivity index (χ0v) is 15.2. The smallest absolute Gasteiger partial charge is 0.261 e. The molecule has 0 spiro atoms. The highest BCUT2D eigenvalue weighted by molar-refractivity contribution is 7.92. The number of halogens is 2. The van der Waals surface area contributed by atoms with E-state index in [1.165, 1.54) is 12.1 Å². The van der Waals surface area contributed by atoms with Gasteiger partial charge in [0.1, 0.15) is 0 Å². The molecule has 1 amide bonds. The molecular formula is C18H19F2N3O3S. The number of hydrogen-bond acceptors (Lipinski definition) is 4. The van der Waals surface area contributed by atoms with Gasteiger partial charge in [0.15, 0.2) is 11.6 Å². The quantitative estimate of drug-likeness (QED) is 0.831. The predicted octanol–water partition coefficient (Wildman–Crippen LogP) is 2.33. The van der Waals surface area contributed by atoms with Gasteiger partial charge in [-0.2, -0.15) is 0 Å². The van der Waals surface area contributed by atoms with E-state index >= 15 is 0 Å². The predicted molar refractivity (Wildman–Crippen MR) is 96.7 cm³/mol. The van der Waals surface area contributed by atoms with Crippen LogP contribution in [0.25, 0.3) is 0 Å². The van der Waals surface area contributed by atoms with Gasteiger partial charge in [-0.15, -0.1) is 0 Å². The van der Waals surface area contributed by atoms with E-state index in [0.29, 0.717) is 37.6 Å². The molecule has 0 saturated carbocycles. The average Bonchev–Trinajstić information content (AvgIpc) is 2.64. The van der Waals surface area contributed by atoms with Crippen molar-refractivity contribution in [1.29, 1.82) is 0 Å². The van der Waals surface area contributed by atoms with Gasteiger partial charge >= 0.3 is 0 Å². The maximum Gasteiger partial charge on any atom is 0.261 e. The Morgan fingerprint density at radius 3 is 2.44 bits per heavy atom. The van der Waals surface area contributed by atoms with Crippen LogP contribution in [0, 0.1) is 11.6 Å². The first kappa shape index (κ1) is 19.2. The number of rotatable bonds is 4. The monoisotopic (exact) mass is 395 g/mol. The normalized spacial score (nSPS) is 15.6. The van der Waals surface area contributed by atoms with Gasteiger partial charge in [-0.1, -0.05) is 6.07 Å². The van der Waals surface area contributed by atoms with E-state index in [2.05, 4.69) is 4.72 Å². The Morgan fingerprint density at radius 1 is 1.07 bits per heavy atom. The van der Waals surface area contributed by atoms with Crippen LogP contribution in [0.5, 0.6) is 0 Å². The minimum Gasteiger partial charge on any atom is -0.339 e. The molecule has 1 fully saturated rings. The number of anilines is 1. The number of piperidine rings is 1. The van der Waals surface area contributed by atoms with Gasteiger partial charge in [0.05, 0.1) is 4.90 Å². The molecule has 0 bridgehead atoms.